The van der Waals surface area contributed by atoms with Gasteiger partial charge in [-0.15, -0.1) is 0 Å². The van der Waals surface area contributed by atoms with Crippen LogP contribution in [0.4, 0.5) is 0 Å². The molecule has 84 heavy (non-hydrogen) atoms. The average molecular weight is 1200 g/mol. The molecule has 31 heteroatoms. The number of primary amides is 1. The lowest BCUT2D eigenvalue weighted by molar-refractivity contribution is -0.150. The van der Waals surface area contributed by atoms with Crippen LogP contribution in [0, 0.1) is 11.8 Å². The molecule has 15 N–H and O–H groups in total. The van der Waals surface area contributed by atoms with E-state index in [1.165, 1.54) is 47.9 Å². The third-order valence-electron chi connectivity index (χ3n) is 14.7. The summed E-state index contributed by atoms with van der Waals surface area (Å²) in [5.41, 5.74) is 11.4. The Labute approximate surface area is 491 Å². The van der Waals surface area contributed by atoms with E-state index in [-0.39, 0.29) is 76.9 Å². The van der Waals surface area contributed by atoms with Crippen LogP contribution in [-0.4, -0.2) is 223 Å². The Kier molecular flexibility index (Phi) is 27.3. The number of rotatable bonds is 32. The SMILES string of the molecule is CSCC[C@H](NC(=O)[C@@H](N)CO)C(=O)N[C@@H](C)C(=O)N1CCC[C@H]1C(=O)NCC(=O)N[C@@H](C)C(=O)N[C@H](C(=O)N[C@@H](Cc1cnc[nH]1)C(=O)N[C@@H](CC(C)C)C(=O)N1CCC[C@H]1C(=O)N[C@@H](CCC(N)=O)C(=O)N1CCC[C@H]1C(=O)O)C(C)C. The van der Waals surface area contributed by atoms with Crippen molar-refractivity contribution in [3.8, 4) is 0 Å². The Hall–Kier alpha value is -7.41. The van der Waals surface area contributed by atoms with Crippen molar-refractivity contribution < 1.29 is 72.5 Å². The van der Waals surface area contributed by atoms with Crippen LogP contribution in [0.15, 0.2) is 12.5 Å². The fraction of sp³-hybridized carbons (Fsp3) is 0.698. The summed E-state index contributed by atoms with van der Waals surface area (Å²) < 4.78 is 0. The first-order valence-corrected chi connectivity index (χ1v) is 29.7. The summed E-state index contributed by atoms with van der Waals surface area (Å²) in [4.78, 5) is 184. The monoisotopic (exact) mass is 1200 g/mol. The Bertz CT molecular complexity index is 2520. The summed E-state index contributed by atoms with van der Waals surface area (Å²) >= 11 is 1.42. The number of aliphatic hydroxyl groups is 1. The van der Waals surface area contributed by atoms with Crippen LogP contribution in [0.2, 0.25) is 0 Å². The highest BCUT2D eigenvalue weighted by Crippen LogP contribution is 2.24. The van der Waals surface area contributed by atoms with Gasteiger partial charge in [-0.1, -0.05) is 27.7 Å². The largest absolute Gasteiger partial charge is 0.480 e. The first-order chi connectivity index (χ1) is 39.7. The maximum absolute atomic E-state index is 14.5. The van der Waals surface area contributed by atoms with E-state index in [1.807, 2.05) is 13.8 Å². The van der Waals surface area contributed by atoms with Crippen LogP contribution in [-0.2, 0) is 68.7 Å². The minimum Gasteiger partial charge on any atom is -0.480 e. The maximum Gasteiger partial charge on any atom is 0.326 e. The van der Waals surface area contributed by atoms with Gasteiger partial charge in [-0.25, -0.2) is 9.78 Å². The van der Waals surface area contributed by atoms with E-state index in [4.69, 9.17) is 11.5 Å². The van der Waals surface area contributed by atoms with Crippen LogP contribution >= 0.6 is 11.8 Å². The number of nitrogens with one attached hydrogen (secondary N) is 9. The molecule has 3 saturated heterocycles. The van der Waals surface area contributed by atoms with Gasteiger partial charge in [-0.2, -0.15) is 11.8 Å². The van der Waals surface area contributed by atoms with E-state index >= 15 is 0 Å². The van der Waals surface area contributed by atoms with Crippen molar-refractivity contribution in [1.29, 1.82) is 0 Å². The van der Waals surface area contributed by atoms with E-state index in [2.05, 4.69) is 52.5 Å². The van der Waals surface area contributed by atoms with Gasteiger partial charge in [0.2, 0.25) is 70.9 Å². The number of imidazole rings is 1. The molecule has 12 amide bonds. The normalized spacial score (nSPS) is 19.6. The summed E-state index contributed by atoms with van der Waals surface area (Å²) in [5, 5.41) is 39.7. The van der Waals surface area contributed by atoms with E-state index in [0.717, 1.165) is 4.90 Å². The Morgan fingerprint density at radius 1 is 0.655 bits per heavy atom. The molecule has 0 bridgehead atoms. The molecular formula is C53H85N15O15S. The molecular weight excluding hydrogens is 1120 g/mol. The molecule has 30 nitrogen and oxygen atoms in total. The highest BCUT2D eigenvalue weighted by molar-refractivity contribution is 7.98. The highest BCUT2D eigenvalue weighted by atomic mass is 32.2. The number of aromatic nitrogens is 2. The zero-order chi connectivity index (χ0) is 62.5. The van der Waals surface area contributed by atoms with Crippen LogP contribution in [0.25, 0.3) is 0 Å². The summed E-state index contributed by atoms with van der Waals surface area (Å²) in [6, 6.07) is -13.1. The molecule has 3 aliphatic rings. The third-order valence-corrected chi connectivity index (χ3v) is 15.3. The van der Waals surface area contributed by atoms with Crippen molar-refractivity contribution in [3.63, 3.8) is 0 Å². The van der Waals surface area contributed by atoms with Gasteiger partial charge < -0.3 is 83.9 Å². The van der Waals surface area contributed by atoms with Gasteiger partial charge in [-0.3, -0.25) is 57.5 Å². The summed E-state index contributed by atoms with van der Waals surface area (Å²) in [6.07, 6.45) is 6.10. The number of carboxylic acids is 1. The molecule has 0 aliphatic carbocycles. The topological polar surface area (TPSA) is 449 Å². The molecule has 0 saturated carbocycles. The smallest absolute Gasteiger partial charge is 0.326 e. The Morgan fingerprint density at radius 3 is 1.77 bits per heavy atom. The molecule has 3 aliphatic heterocycles. The minimum absolute atomic E-state index is 0.0934. The van der Waals surface area contributed by atoms with E-state index in [1.54, 1.807) is 20.1 Å². The number of nitrogens with two attached hydrogens (primary N) is 2. The number of carboxylic acid groups (broad SMARTS) is 1. The fourth-order valence-corrected chi connectivity index (χ4v) is 10.6. The maximum atomic E-state index is 14.5. The summed E-state index contributed by atoms with van der Waals surface area (Å²) in [6.45, 7) is 8.82. The standard InChI is InChI=1S/C53H85N15O15S/c1-27(2)21-36(52(81)67-18-9-12-38(67)48(77)62-34(14-15-40(55)70)51(80)68-19-10-13-39(68)53(82)83)64-46(75)35(22-31-23-56-26-58-31)63-49(78)42(28(3)4)65-43(72)29(5)59-41(71)24-57-47(76)37-11-8-17-66(37)50(79)30(6)60-45(74)33(16-20-84-7)61-44(73)32(54)25-69/h23,26-30,32-39,42,69H,8-22,24-25,54H2,1-7H3,(H2,55,70)(H,56,58)(H,57,76)(H,59,71)(H,60,74)(H,61,73)(H,62,77)(H,63,78)(H,64,75)(H,65,72)(H,82,83)/t29-,30-,32-,33-,34-,35-,36-,37-,38-,39-,42-/m0/s1. The lowest BCUT2D eigenvalue weighted by atomic mass is 10.00. The number of likely N-dealkylation sites (tertiary alicyclic amines) is 3. The number of aliphatic carboxylic acids is 1. The van der Waals surface area contributed by atoms with Gasteiger partial charge in [0.15, 0.2) is 0 Å². The van der Waals surface area contributed by atoms with Gasteiger partial charge in [0.05, 0.1) is 19.5 Å². The number of H-pyrrole nitrogens is 1. The summed E-state index contributed by atoms with van der Waals surface area (Å²) in [7, 11) is 0. The number of amides is 12. The zero-order valence-corrected chi connectivity index (χ0v) is 49.6. The van der Waals surface area contributed by atoms with Gasteiger partial charge in [-0.05, 0) is 95.5 Å². The van der Waals surface area contributed by atoms with Gasteiger partial charge in [0, 0.05) is 44.4 Å². The third kappa shape index (κ3) is 20.1. The molecule has 4 heterocycles. The second-order valence-corrected chi connectivity index (χ2v) is 23.1. The molecule has 0 unspecified atom stereocenters. The van der Waals surface area contributed by atoms with Crippen LogP contribution in [0.1, 0.15) is 111 Å². The number of aliphatic hydroxyl groups excluding tert-OH is 1. The van der Waals surface area contributed by atoms with Crippen LogP contribution < -0.4 is 54.0 Å². The lowest BCUT2D eigenvalue weighted by Gasteiger charge is -2.32. The molecule has 3 fully saturated rings. The highest BCUT2D eigenvalue weighted by Gasteiger charge is 2.43. The van der Waals surface area contributed by atoms with Crippen molar-refractivity contribution in [1.82, 2.24) is 67.2 Å². The quantitative estimate of drug-likeness (QED) is 0.0324. The van der Waals surface area contributed by atoms with Crippen molar-refractivity contribution >= 4 is 88.6 Å². The van der Waals surface area contributed by atoms with E-state index in [9.17, 15) is 72.5 Å². The molecule has 4 rings (SSSR count). The van der Waals surface area contributed by atoms with Crippen LogP contribution in [0.3, 0.4) is 0 Å². The molecule has 468 valence electrons. The molecule has 0 radical (unpaired) electrons. The lowest BCUT2D eigenvalue weighted by Crippen LogP contribution is -2.61. The van der Waals surface area contributed by atoms with Gasteiger partial charge in [0.25, 0.3) is 0 Å². The zero-order valence-electron chi connectivity index (χ0n) is 48.7. The molecule has 1 aromatic heterocycles. The fourth-order valence-electron chi connectivity index (χ4n) is 10.1. The van der Waals surface area contributed by atoms with Crippen molar-refractivity contribution in [3.05, 3.63) is 18.2 Å². The van der Waals surface area contributed by atoms with E-state index in [0.29, 0.717) is 30.7 Å². The molecule has 11 atom stereocenters. The Morgan fingerprint density at radius 2 is 1.21 bits per heavy atom. The molecule has 0 aromatic carbocycles. The van der Waals surface area contributed by atoms with Crippen molar-refractivity contribution in [2.45, 2.75) is 179 Å². The average Bonchev–Trinajstić information content (AvgIpc) is 4.39. The molecule has 0 spiro atoms. The number of aromatic amines is 1. The van der Waals surface area contributed by atoms with Gasteiger partial charge >= 0.3 is 5.97 Å². The number of carbonyl (C=O) groups excluding carboxylic acids is 12. The predicted molar refractivity (Wildman–Crippen MR) is 303 cm³/mol. The van der Waals surface area contributed by atoms with Gasteiger partial charge in [0.1, 0.15) is 66.5 Å². The number of hydrogen-bond donors (Lipinski definition) is 13. The van der Waals surface area contributed by atoms with Crippen LogP contribution in [0.5, 0.6) is 0 Å². The number of hydrogen-bond acceptors (Lipinski definition) is 17. The first-order valence-electron chi connectivity index (χ1n) is 28.3. The Balaban J connectivity index is 1.39. The molecule has 1 aromatic rings. The number of thioether (sulfide) groups is 1. The number of carbonyl (C=O) groups is 13. The minimum atomic E-state index is -1.37. The summed E-state index contributed by atoms with van der Waals surface area (Å²) in [5.74, 6) is -10.2. The second kappa shape index (κ2) is 33.2. The van der Waals surface area contributed by atoms with E-state index < -0.39 is 162 Å². The predicted octanol–water partition coefficient (Wildman–Crippen LogP) is -4.40. The first kappa shape index (κ1) is 69.1. The van der Waals surface area contributed by atoms with Crippen molar-refractivity contribution in [2.75, 3.05) is 44.8 Å². The number of nitrogens with zero attached hydrogens (tertiary/aromatic N) is 4. The van der Waals surface area contributed by atoms with Crippen molar-refractivity contribution in [2.24, 2.45) is 23.3 Å². The second-order valence-electron chi connectivity index (χ2n) is 22.1.